The first-order valence-electron chi connectivity index (χ1n) is 5.25. The zero-order valence-corrected chi connectivity index (χ0v) is 9.74. The zero-order chi connectivity index (χ0) is 12.4. The van der Waals surface area contributed by atoms with Crippen LogP contribution in [0, 0.1) is 13.8 Å². The van der Waals surface area contributed by atoms with Gasteiger partial charge in [0.25, 0.3) is 5.91 Å². The molecule has 4 N–H and O–H groups in total. The molecule has 1 aromatic heterocycles. The molecule has 2 rings (SSSR count). The van der Waals surface area contributed by atoms with Crippen molar-refractivity contribution in [2.75, 3.05) is 11.1 Å². The van der Waals surface area contributed by atoms with Crippen molar-refractivity contribution in [3.63, 3.8) is 0 Å². The summed E-state index contributed by atoms with van der Waals surface area (Å²) in [7, 11) is 0. The summed E-state index contributed by atoms with van der Waals surface area (Å²) in [6, 6.07) is 5.84. The number of carbonyl (C=O) groups excluding carboxylic acids is 1. The molecule has 0 aliphatic rings. The number of amides is 1. The summed E-state index contributed by atoms with van der Waals surface area (Å²) in [6.45, 7) is 3.96. The minimum Gasteiger partial charge on any atom is -0.396 e. The number of H-pyrrole nitrogens is 1. The van der Waals surface area contributed by atoms with Crippen LogP contribution in [0.1, 0.15) is 21.6 Å². The molecule has 5 heteroatoms. The molecule has 0 aliphatic carbocycles. The highest BCUT2D eigenvalue weighted by Gasteiger charge is 2.11. The molecule has 0 atom stereocenters. The third-order valence-corrected chi connectivity index (χ3v) is 2.38. The van der Waals surface area contributed by atoms with Gasteiger partial charge in [0.1, 0.15) is 5.69 Å². The molecule has 0 saturated carbocycles. The molecule has 0 bridgehead atoms. The fourth-order valence-electron chi connectivity index (χ4n) is 1.72. The number of benzene rings is 1. The fourth-order valence-corrected chi connectivity index (χ4v) is 1.72. The molecule has 1 amide bonds. The Morgan fingerprint density at radius 2 is 1.94 bits per heavy atom. The van der Waals surface area contributed by atoms with Gasteiger partial charge < -0.3 is 11.1 Å². The maximum absolute atomic E-state index is 11.9. The molecule has 0 fully saturated rings. The van der Waals surface area contributed by atoms with Crippen LogP contribution < -0.4 is 11.1 Å². The van der Waals surface area contributed by atoms with E-state index >= 15 is 0 Å². The number of rotatable bonds is 2. The summed E-state index contributed by atoms with van der Waals surface area (Å²) >= 11 is 0. The topological polar surface area (TPSA) is 83.8 Å². The lowest BCUT2D eigenvalue weighted by atomic mass is 10.1. The molecule has 0 radical (unpaired) electrons. The Bertz CT molecular complexity index is 539. The smallest absolute Gasteiger partial charge is 0.275 e. The van der Waals surface area contributed by atoms with Gasteiger partial charge in [-0.1, -0.05) is 6.07 Å². The highest BCUT2D eigenvalue weighted by atomic mass is 16.1. The Hall–Kier alpha value is -2.30. The Balaban J connectivity index is 2.21. The predicted molar refractivity (Wildman–Crippen MR) is 66.9 cm³/mol. The van der Waals surface area contributed by atoms with E-state index in [9.17, 15) is 4.79 Å². The molecule has 0 spiro atoms. The molecule has 1 heterocycles. The molecule has 17 heavy (non-hydrogen) atoms. The predicted octanol–water partition coefficient (Wildman–Crippen LogP) is 1.86. The highest BCUT2D eigenvalue weighted by Crippen LogP contribution is 2.15. The lowest BCUT2D eigenvalue weighted by Crippen LogP contribution is -2.14. The number of aromatic amines is 1. The molecular weight excluding hydrogens is 216 g/mol. The van der Waals surface area contributed by atoms with Crippen LogP contribution in [0.2, 0.25) is 0 Å². The van der Waals surface area contributed by atoms with Crippen molar-refractivity contribution in [3.05, 3.63) is 41.2 Å². The Labute approximate surface area is 99.0 Å². The number of hydrogen-bond donors (Lipinski definition) is 3. The normalized spacial score (nSPS) is 10.2. The zero-order valence-electron chi connectivity index (χ0n) is 9.74. The molecule has 2 aromatic rings. The van der Waals surface area contributed by atoms with Crippen LogP contribution in [0.15, 0.2) is 24.4 Å². The van der Waals surface area contributed by atoms with E-state index in [2.05, 4.69) is 15.5 Å². The van der Waals surface area contributed by atoms with Gasteiger partial charge in [-0.25, -0.2) is 0 Å². The van der Waals surface area contributed by atoms with Gasteiger partial charge in [0.05, 0.1) is 11.9 Å². The van der Waals surface area contributed by atoms with E-state index in [0.717, 1.165) is 16.8 Å². The number of aryl methyl sites for hydroxylation is 2. The van der Waals surface area contributed by atoms with Crippen LogP contribution in [0.4, 0.5) is 11.4 Å². The van der Waals surface area contributed by atoms with Crippen LogP contribution in [0.25, 0.3) is 0 Å². The van der Waals surface area contributed by atoms with Crippen LogP contribution in [-0.4, -0.2) is 16.1 Å². The van der Waals surface area contributed by atoms with Gasteiger partial charge in [-0.3, -0.25) is 9.89 Å². The van der Waals surface area contributed by atoms with E-state index in [-0.39, 0.29) is 11.6 Å². The van der Waals surface area contributed by atoms with E-state index in [1.54, 1.807) is 0 Å². The van der Waals surface area contributed by atoms with E-state index in [0.29, 0.717) is 5.69 Å². The summed E-state index contributed by atoms with van der Waals surface area (Å²) < 4.78 is 0. The van der Waals surface area contributed by atoms with Crippen molar-refractivity contribution in [2.24, 2.45) is 0 Å². The third kappa shape index (κ3) is 2.44. The number of nitrogen functional groups attached to an aromatic ring is 1. The Morgan fingerprint density at radius 3 is 2.47 bits per heavy atom. The van der Waals surface area contributed by atoms with Crippen molar-refractivity contribution in [2.45, 2.75) is 13.8 Å². The SMILES string of the molecule is Cc1cc(C)cc(NC(=O)c2[nH]ncc2N)c1. The van der Waals surface area contributed by atoms with Crippen LogP contribution in [0.5, 0.6) is 0 Å². The van der Waals surface area contributed by atoms with E-state index in [1.165, 1.54) is 6.20 Å². The summed E-state index contributed by atoms with van der Waals surface area (Å²) in [5, 5.41) is 9.05. The first-order valence-corrected chi connectivity index (χ1v) is 5.25. The fraction of sp³-hybridized carbons (Fsp3) is 0.167. The number of hydrogen-bond acceptors (Lipinski definition) is 3. The van der Waals surface area contributed by atoms with Gasteiger partial charge in [-0.15, -0.1) is 0 Å². The third-order valence-electron chi connectivity index (χ3n) is 2.38. The maximum Gasteiger partial charge on any atom is 0.275 e. The van der Waals surface area contributed by atoms with Gasteiger partial charge in [-0.05, 0) is 37.1 Å². The standard InChI is InChI=1S/C12H14N4O/c1-7-3-8(2)5-9(4-7)15-12(17)11-10(13)6-14-16-11/h3-6H,13H2,1-2H3,(H,14,16)(H,15,17). The van der Waals surface area contributed by atoms with Crippen molar-refractivity contribution in [3.8, 4) is 0 Å². The minimum atomic E-state index is -0.287. The van der Waals surface area contributed by atoms with Crippen molar-refractivity contribution in [1.29, 1.82) is 0 Å². The van der Waals surface area contributed by atoms with Gasteiger partial charge in [0.2, 0.25) is 0 Å². The van der Waals surface area contributed by atoms with Crippen molar-refractivity contribution < 1.29 is 4.79 Å². The molecule has 0 saturated heterocycles. The van der Waals surface area contributed by atoms with Crippen molar-refractivity contribution in [1.82, 2.24) is 10.2 Å². The summed E-state index contributed by atoms with van der Waals surface area (Å²) in [6.07, 6.45) is 1.41. The molecule has 5 nitrogen and oxygen atoms in total. The number of nitrogens with two attached hydrogens (primary N) is 1. The van der Waals surface area contributed by atoms with Crippen LogP contribution in [0.3, 0.4) is 0 Å². The Morgan fingerprint density at radius 1 is 1.29 bits per heavy atom. The molecule has 0 aliphatic heterocycles. The van der Waals surface area contributed by atoms with Crippen LogP contribution >= 0.6 is 0 Å². The first kappa shape index (κ1) is 11.2. The lowest BCUT2D eigenvalue weighted by Gasteiger charge is -2.06. The van der Waals surface area contributed by atoms with E-state index < -0.39 is 0 Å². The van der Waals surface area contributed by atoms with Gasteiger partial charge >= 0.3 is 0 Å². The van der Waals surface area contributed by atoms with Crippen LogP contribution in [-0.2, 0) is 0 Å². The quantitative estimate of drug-likeness (QED) is 0.736. The number of carbonyl (C=O) groups is 1. The van der Waals surface area contributed by atoms with Gasteiger partial charge in [0.15, 0.2) is 0 Å². The Kier molecular flexibility index (Phi) is 2.82. The highest BCUT2D eigenvalue weighted by molar-refractivity contribution is 6.06. The molecule has 88 valence electrons. The second-order valence-corrected chi connectivity index (χ2v) is 4.03. The number of nitrogens with one attached hydrogen (secondary N) is 2. The second-order valence-electron chi connectivity index (χ2n) is 4.03. The summed E-state index contributed by atoms with van der Waals surface area (Å²) in [5.41, 5.74) is 9.16. The number of anilines is 2. The number of aromatic nitrogens is 2. The van der Waals surface area contributed by atoms with Crippen molar-refractivity contribution >= 4 is 17.3 Å². The first-order chi connectivity index (χ1) is 8.06. The molecule has 0 unspecified atom stereocenters. The lowest BCUT2D eigenvalue weighted by molar-refractivity contribution is 0.102. The summed E-state index contributed by atoms with van der Waals surface area (Å²) in [5.74, 6) is -0.287. The average molecular weight is 230 g/mol. The van der Waals surface area contributed by atoms with E-state index in [1.807, 2.05) is 32.0 Å². The monoisotopic (exact) mass is 230 g/mol. The largest absolute Gasteiger partial charge is 0.396 e. The maximum atomic E-state index is 11.9. The number of nitrogens with zero attached hydrogens (tertiary/aromatic N) is 1. The molecular formula is C12H14N4O. The van der Waals surface area contributed by atoms with E-state index in [4.69, 9.17) is 5.73 Å². The molecule has 1 aromatic carbocycles. The summed E-state index contributed by atoms with van der Waals surface area (Å²) in [4.78, 5) is 11.9. The average Bonchev–Trinajstić information content (AvgIpc) is 2.62. The van der Waals surface area contributed by atoms with Gasteiger partial charge in [0, 0.05) is 5.69 Å². The van der Waals surface area contributed by atoms with Gasteiger partial charge in [-0.2, -0.15) is 5.10 Å². The minimum absolute atomic E-state index is 0.282. The second kappa shape index (κ2) is 4.29.